The molecule has 2 N–H and O–H groups in total. The second kappa shape index (κ2) is 9.72. The minimum Gasteiger partial charge on any atom is -0.381 e. The molecule has 1 atom stereocenters. The first-order chi connectivity index (χ1) is 18.6. The molecule has 0 unspecified atom stereocenters. The molecule has 4 heterocycles. The van der Waals surface area contributed by atoms with Crippen molar-refractivity contribution in [3.8, 4) is 6.07 Å². The van der Waals surface area contributed by atoms with Crippen LogP contribution < -0.4 is 15.1 Å². The zero-order valence-electron chi connectivity index (χ0n) is 21.1. The van der Waals surface area contributed by atoms with Crippen LogP contribution in [0.2, 0.25) is 0 Å². The van der Waals surface area contributed by atoms with Gasteiger partial charge in [0, 0.05) is 18.5 Å². The smallest absolute Gasteiger partial charge is 0.254 e. The highest BCUT2D eigenvalue weighted by molar-refractivity contribution is 6.10. The van der Waals surface area contributed by atoms with E-state index in [1.54, 1.807) is 48.8 Å². The van der Waals surface area contributed by atoms with Crippen LogP contribution in [0.4, 0.5) is 29.0 Å². The first-order valence-electron chi connectivity index (χ1n) is 12.6. The van der Waals surface area contributed by atoms with Crippen molar-refractivity contribution in [3.05, 3.63) is 54.5 Å². The number of aromatic amines is 1. The van der Waals surface area contributed by atoms with E-state index in [2.05, 4.69) is 36.5 Å². The number of nitrogens with one attached hydrogen (secondary N) is 2. The van der Waals surface area contributed by atoms with Gasteiger partial charge in [0.1, 0.15) is 17.5 Å². The molecule has 1 aromatic carbocycles. The zero-order valence-corrected chi connectivity index (χ0v) is 21.1. The molecule has 11 nitrogen and oxygen atoms in total. The molecular formula is C27H27N9O2. The van der Waals surface area contributed by atoms with Gasteiger partial charge in [-0.25, -0.2) is 9.97 Å². The molecule has 1 aliphatic carbocycles. The Morgan fingerprint density at radius 1 is 1.13 bits per heavy atom. The van der Waals surface area contributed by atoms with Crippen molar-refractivity contribution in [1.82, 2.24) is 25.1 Å². The van der Waals surface area contributed by atoms with E-state index in [0.29, 0.717) is 34.5 Å². The van der Waals surface area contributed by atoms with E-state index in [9.17, 15) is 10.1 Å². The van der Waals surface area contributed by atoms with Crippen LogP contribution in [0, 0.1) is 11.3 Å². The SMILES string of the molecule is COC1CCC(N2c3nc(Nc4cc5cn[nH]c5cn4)ncc3N(c3cccc(C#N)c3)C(=O)[C@H]2C)CC1. The van der Waals surface area contributed by atoms with Gasteiger partial charge in [-0.05, 0) is 56.9 Å². The summed E-state index contributed by atoms with van der Waals surface area (Å²) in [4.78, 5) is 31.5. The third-order valence-corrected chi connectivity index (χ3v) is 7.40. The van der Waals surface area contributed by atoms with Crippen molar-refractivity contribution < 1.29 is 9.53 Å². The Morgan fingerprint density at radius 2 is 1.97 bits per heavy atom. The van der Waals surface area contributed by atoms with Crippen LogP contribution in [0.1, 0.15) is 38.2 Å². The summed E-state index contributed by atoms with van der Waals surface area (Å²) in [7, 11) is 1.75. The van der Waals surface area contributed by atoms with Crippen LogP contribution in [-0.2, 0) is 9.53 Å². The van der Waals surface area contributed by atoms with E-state index in [-0.39, 0.29) is 18.1 Å². The molecule has 4 aromatic rings. The summed E-state index contributed by atoms with van der Waals surface area (Å²) in [6, 6.07) is 10.7. The number of hydrogen-bond donors (Lipinski definition) is 2. The molecule has 1 fully saturated rings. The van der Waals surface area contributed by atoms with Gasteiger partial charge in [-0.1, -0.05) is 6.07 Å². The van der Waals surface area contributed by atoms with E-state index >= 15 is 0 Å². The Hall–Kier alpha value is -4.56. The Labute approximate surface area is 219 Å². The van der Waals surface area contributed by atoms with Crippen molar-refractivity contribution in [3.63, 3.8) is 0 Å². The lowest BCUT2D eigenvalue weighted by Gasteiger charge is -2.46. The van der Waals surface area contributed by atoms with Crippen molar-refractivity contribution >= 4 is 45.8 Å². The minimum atomic E-state index is -0.458. The molecule has 192 valence electrons. The molecule has 1 amide bonds. The fourth-order valence-electron chi connectivity index (χ4n) is 5.44. The van der Waals surface area contributed by atoms with Crippen molar-refractivity contribution in [2.45, 2.75) is 50.8 Å². The van der Waals surface area contributed by atoms with Crippen molar-refractivity contribution in [1.29, 1.82) is 5.26 Å². The number of carbonyl (C=O) groups excluding carboxylic acids is 1. The van der Waals surface area contributed by atoms with Gasteiger partial charge in [-0.15, -0.1) is 0 Å². The Bertz CT molecular complexity index is 1540. The molecule has 6 rings (SSSR count). The monoisotopic (exact) mass is 509 g/mol. The molecular weight excluding hydrogens is 482 g/mol. The number of benzene rings is 1. The number of anilines is 5. The third-order valence-electron chi connectivity index (χ3n) is 7.40. The number of nitriles is 1. The number of carbonyl (C=O) groups is 1. The van der Waals surface area contributed by atoms with Crippen LogP contribution in [0.5, 0.6) is 0 Å². The predicted octanol–water partition coefficient (Wildman–Crippen LogP) is 4.19. The summed E-state index contributed by atoms with van der Waals surface area (Å²) in [5.74, 6) is 1.55. The lowest BCUT2D eigenvalue weighted by atomic mass is 9.90. The topological polar surface area (TPSA) is 136 Å². The summed E-state index contributed by atoms with van der Waals surface area (Å²) < 4.78 is 5.58. The van der Waals surface area contributed by atoms with Gasteiger partial charge in [-0.3, -0.25) is 14.8 Å². The Morgan fingerprint density at radius 3 is 2.76 bits per heavy atom. The first kappa shape index (κ1) is 23.8. The van der Waals surface area contributed by atoms with Gasteiger partial charge in [-0.2, -0.15) is 15.3 Å². The number of aromatic nitrogens is 5. The van der Waals surface area contributed by atoms with Crippen LogP contribution in [0.3, 0.4) is 0 Å². The molecule has 3 aromatic heterocycles. The van der Waals surface area contributed by atoms with Crippen molar-refractivity contribution in [2.24, 2.45) is 0 Å². The van der Waals surface area contributed by atoms with Gasteiger partial charge < -0.3 is 15.0 Å². The largest absolute Gasteiger partial charge is 0.381 e. The predicted molar refractivity (Wildman–Crippen MR) is 143 cm³/mol. The summed E-state index contributed by atoms with van der Waals surface area (Å²) in [6.07, 6.45) is 8.97. The van der Waals surface area contributed by atoms with Gasteiger partial charge in [0.25, 0.3) is 5.91 Å². The number of pyridine rings is 1. The van der Waals surface area contributed by atoms with Gasteiger partial charge in [0.05, 0.1) is 47.5 Å². The van der Waals surface area contributed by atoms with E-state index in [4.69, 9.17) is 9.72 Å². The average Bonchev–Trinajstić information content (AvgIpc) is 3.42. The lowest BCUT2D eigenvalue weighted by Crippen LogP contribution is -2.55. The number of rotatable bonds is 5. The fraction of sp³-hybridized carbons (Fsp3) is 0.333. The highest BCUT2D eigenvalue weighted by Gasteiger charge is 2.42. The van der Waals surface area contributed by atoms with Crippen LogP contribution in [0.25, 0.3) is 10.9 Å². The maximum Gasteiger partial charge on any atom is 0.254 e. The Kier molecular flexibility index (Phi) is 6.09. The molecule has 38 heavy (non-hydrogen) atoms. The van der Waals surface area contributed by atoms with Gasteiger partial charge in [0.2, 0.25) is 5.95 Å². The summed E-state index contributed by atoms with van der Waals surface area (Å²) in [5.41, 5.74) is 2.51. The van der Waals surface area contributed by atoms with Crippen LogP contribution >= 0.6 is 0 Å². The third kappa shape index (κ3) is 4.18. The molecule has 0 radical (unpaired) electrons. The summed E-state index contributed by atoms with van der Waals surface area (Å²) >= 11 is 0. The lowest BCUT2D eigenvalue weighted by molar-refractivity contribution is -0.119. The number of hydrogen-bond acceptors (Lipinski definition) is 9. The first-order valence-corrected chi connectivity index (χ1v) is 12.6. The number of ether oxygens (including phenoxy) is 1. The fourth-order valence-corrected chi connectivity index (χ4v) is 5.44. The highest BCUT2D eigenvalue weighted by atomic mass is 16.5. The maximum absolute atomic E-state index is 13.8. The second-order valence-corrected chi connectivity index (χ2v) is 9.64. The number of H-pyrrole nitrogens is 1. The molecule has 0 spiro atoms. The highest BCUT2D eigenvalue weighted by Crippen LogP contribution is 2.42. The second-order valence-electron chi connectivity index (χ2n) is 9.64. The molecule has 2 aliphatic rings. The number of amides is 1. The van der Waals surface area contributed by atoms with E-state index in [0.717, 1.165) is 36.6 Å². The minimum absolute atomic E-state index is 0.0853. The quantitative estimate of drug-likeness (QED) is 0.406. The maximum atomic E-state index is 13.8. The molecule has 1 saturated carbocycles. The number of fused-ring (bicyclic) bond motifs is 2. The van der Waals surface area contributed by atoms with E-state index < -0.39 is 6.04 Å². The standard InChI is InChI=1S/C27H27N9O2/c1-16-26(37)36(20-5-3-4-17(10-20)12-28)23-15-30-27(32-24-11-18-13-31-34-22(18)14-29-24)33-25(23)35(16)19-6-8-21(38-2)9-7-19/h3-5,10-11,13-16,19,21H,6-9H2,1-2H3,(H,31,34)(H,29,30,32,33)/t16-,19?,21?/m1/s1. The van der Waals surface area contributed by atoms with Crippen LogP contribution in [-0.4, -0.2) is 56.4 Å². The Balaban J connectivity index is 1.42. The summed E-state index contributed by atoms with van der Waals surface area (Å²) in [5, 5.41) is 20.5. The molecule has 1 aliphatic heterocycles. The van der Waals surface area contributed by atoms with Crippen LogP contribution in [0.15, 0.2) is 48.9 Å². The zero-order chi connectivity index (χ0) is 26.2. The average molecular weight is 510 g/mol. The molecule has 0 saturated heterocycles. The summed E-state index contributed by atoms with van der Waals surface area (Å²) in [6.45, 7) is 1.92. The van der Waals surface area contributed by atoms with Gasteiger partial charge in [0.15, 0.2) is 5.82 Å². The number of methoxy groups -OCH3 is 1. The number of nitrogens with zero attached hydrogens (tertiary/aromatic N) is 7. The normalized spacial score (nSPS) is 21.3. The van der Waals surface area contributed by atoms with E-state index in [1.807, 2.05) is 19.1 Å². The molecule has 0 bridgehead atoms. The molecule has 11 heteroatoms. The van der Waals surface area contributed by atoms with E-state index in [1.165, 1.54) is 0 Å². The van der Waals surface area contributed by atoms with Crippen molar-refractivity contribution in [2.75, 3.05) is 22.2 Å². The van der Waals surface area contributed by atoms with Gasteiger partial charge >= 0.3 is 0 Å².